The number of carbonyl (C=O) groups is 1. The lowest BCUT2D eigenvalue weighted by molar-refractivity contribution is -0.106. The largest absolute Gasteiger partial charge is 0.286 e. The van der Waals surface area contributed by atoms with Crippen molar-refractivity contribution in [1.82, 2.24) is 0 Å². The molecule has 16 heavy (non-hydrogen) atoms. The average molecular weight is 208 g/mol. The lowest BCUT2D eigenvalue weighted by Crippen LogP contribution is -2.12. The standard InChI is InChI=1S/C13H8N2O/c16-12-8-14-15-13(12)11-7-3-5-9-4-1-2-6-10(9)11/h1-8H. The summed E-state index contributed by atoms with van der Waals surface area (Å²) in [5.41, 5.74) is 1.28. The normalized spacial score (nSPS) is 14.5. The van der Waals surface area contributed by atoms with E-state index in [1.807, 2.05) is 42.5 Å². The average Bonchev–Trinajstić information content (AvgIpc) is 2.75. The van der Waals surface area contributed by atoms with Crippen LogP contribution in [0.1, 0.15) is 5.56 Å². The summed E-state index contributed by atoms with van der Waals surface area (Å²) in [6.07, 6.45) is 1.25. The van der Waals surface area contributed by atoms with Gasteiger partial charge in [-0.1, -0.05) is 42.5 Å². The second kappa shape index (κ2) is 3.38. The summed E-state index contributed by atoms with van der Waals surface area (Å²) in [5.74, 6) is -0.128. The first-order valence-electron chi connectivity index (χ1n) is 5.00. The third-order valence-corrected chi connectivity index (χ3v) is 2.61. The fourth-order valence-electron chi connectivity index (χ4n) is 1.87. The maximum atomic E-state index is 11.5. The van der Waals surface area contributed by atoms with Crippen molar-refractivity contribution in [3.05, 3.63) is 48.0 Å². The number of Topliss-reactive ketones (excluding diaryl/α,β-unsaturated/α-hetero) is 1. The zero-order valence-corrected chi connectivity index (χ0v) is 8.42. The van der Waals surface area contributed by atoms with Crippen LogP contribution in [0.5, 0.6) is 0 Å². The molecule has 3 rings (SSSR count). The number of nitrogens with zero attached hydrogens (tertiary/aromatic N) is 2. The minimum atomic E-state index is -0.128. The molecule has 0 unspecified atom stereocenters. The Labute approximate surface area is 92.1 Å². The number of ketones is 1. The molecule has 0 saturated heterocycles. The van der Waals surface area contributed by atoms with Crippen LogP contribution in [-0.4, -0.2) is 17.7 Å². The molecule has 2 aromatic rings. The van der Waals surface area contributed by atoms with Crippen LogP contribution in [0.4, 0.5) is 0 Å². The van der Waals surface area contributed by atoms with Gasteiger partial charge >= 0.3 is 0 Å². The van der Waals surface area contributed by atoms with E-state index in [9.17, 15) is 4.79 Å². The van der Waals surface area contributed by atoms with Crippen LogP contribution in [0.2, 0.25) is 0 Å². The molecule has 2 aromatic carbocycles. The monoisotopic (exact) mass is 208 g/mol. The Kier molecular flexibility index (Phi) is 1.90. The van der Waals surface area contributed by atoms with Gasteiger partial charge in [-0.05, 0) is 10.8 Å². The summed E-state index contributed by atoms with van der Waals surface area (Å²) in [6.45, 7) is 0. The van der Waals surface area contributed by atoms with Crippen LogP contribution < -0.4 is 0 Å². The molecule has 1 aliphatic heterocycles. The lowest BCUT2D eigenvalue weighted by Gasteiger charge is -2.03. The van der Waals surface area contributed by atoms with E-state index in [0.717, 1.165) is 16.3 Å². The Hall–Kier alpha value is -2.29. The Morgan fingerprint density at radius 1 is 0.938 bits per heavy atom. The van der Waals surface area contributed by atoms with E-state index in [-0.39, 0.29) is 5.78 Å². The number of hydrogen-bond acceptors (Lipinski definition) is 3. The second-order valence-electron chi connectivity index (χ2n) is 3.58. The van der Waals surface area contributed by atoms with Gasteiger partial charge in [-0.3, -0.25) is 4.79 Å². The first-order chi connectivity index (χ1) is 7.86. The van der Waals surface area contributed by atoms with Crippen LogP contribution in [0.25, 0.3) is 10.8 Å². The summed E-state index contributed by atoms with van der Waals surface area (Å²) in [5, 5.41) is 9.65. The molecule has 1 heterocycles. The molecule has 0 saturated carbocycles. The van der Waals surface area contributed by atoms with E-state index < -0.39 is 0 Å². The molecular formula is C13H8N2O. The molecule has 0 aliphatic carbocycles. The van der Waals surface area contributed by atoms with Gasteiger partial charge in [0.05, 0.1) is 6.21 Å². The molecule has 3 nitrogen and oxygen atoms in total. The number of carbonyl (C=O) groups excluding carboxylic acids is 1. The van der Waals surface area contributed by atoms with Gasteiger partial charge in [0.25, 0.3) is 0 Å². The lowest BCUT2D eigenvalue weighted by atomic mass is 9.99. The van der Waals surface area contributed by atoms with Crippen molar-refractivity contribution in [2.75, 3.05) is 0 Å². The zero-order chi connectivity index (χ0) is 11.0. The van der Waals surface area contributed by atoms with E-state index >= 15 is 0 Å². The van der Waals surface area contributed by atoms with Crippen molar-refractivity contribution in [3.63, 3.8) is 0 Å². The highest BCUT2D eigenvalue weighted by Gasteiger charge is 2.17. The molecular weight excluding hydrogens is 200 g/mol. The van der Waals surface area contributed by atoms with E-state index in [1.54, 1.807) is 0 Å². The van der Waals surface area contributed by atoms with Crippen molar-refractivity contribution in [2.24, 2.45) is 10.2 Å². The predicted octanol–water partition coefficient (Wildman–Crippen LogP) is 2.20. The van der Waals surface area contributed by atoms with Gasteiger partial charge in [-0.25, -0.2) is 0 Å². The van der Waals surface area contributed by atoms with Crippen molar-refractivity contribution >= 4 is 28.5 Å². The number of benzene rings is 2. The summed E-state index contributed by atoms with van der Waals surface area (Å²) >= 11 is 0. The third kappa shape index (κ3) is 1.26. The molecule has 0 bridgehead atoms. The minimum Gasteiger partial charge on any atom is -0.286 e. The van der Waals surface area contributed by atoms with E-state index in [0.29, 0.717) is 5.71 Å². The van der Waals surface area contributed by atoms with Crippen LogP contribution in [0, 0.1) is 0 Å². The highest BCUT2D eigenvalue weighted by atomic mass is 16.1. The van der Waals surface area contributed by atoms with Gasteiger partial charge in [-0.2, -0.15) is 5.10 Å². The molecule has 0 aromatic heterocycles. The SMILES string of the molecule is O=C1C=NN=C1c1cccc2ccccc12. The Balaban J connectivity index is 2.29. The van der Waals surface area contributed by atoms with E-state index in [2.05, 4.69) is 10.2 Å². The zero-order valence-electron chi connectivity index (χ0n) is 8.42. The molecule has 0 fully saturated rings. The smallest absolute Gasteiger partial charge is 0.226 e. The number of hydrogen-bond donors (Lipinski definition) is 0. The maximum Gasteiger partial charge on any atom is 0.226 e. The predicted molar refractivity (Wildman–Crippen MR) is 64.0 cm³/mol. The second-order valence-corrected chi connectivity index (χ2v) is 3.58. The Morgan fingerprint density at radius 3 is 2.56 bits per heavy atom. The Morgan fingerprint density at radius 2 is 1.75 bits per heavy atom. The molecule has 3 heteroatoms. The van der Waals surface area contributed by atoms with Crippen molar-refractivity contribution in [2.45, 2.75) is 0 Å². The summed E-state index contributed by atoms with van der Waals surface area (Å²) < 4.78 is 0. The van der Waals surface area contributed by atoms with Crippen LogP contribution in [0.3, 0.4) is 0 Å². The van der Waals surface area contributed by atoms with Gasteiger partial charge in [-0.15, -0.1) is 5.10 Å². The number of fused-ring (bicyclic) bond motifs is 1. The topological polar surface area (TPSA) is 41.8 Å². The highest BCUT2D eigenvalue weighted by Crippen LogP contribution is 2.20. The molecule has 0 N–H and O–H groups in total. The van der Waals surface area contributed by atoms with Gasteiger partial charge < -0.3 is 0 Å². The molecule has 0 spiro atoms. The summed E-state index contributed by atoms with van der Waals surface area (Å²) in [7, 11) is 0. The molecule has 0 amide bonds. The molecule has 1 aliphatic rings. The van der Waals surface area contributed by atoms with Gasteiger partial charge in [0.15, 0.2) is 0 Å². The maximum absolute atomic E-state index is 11.5. The van der Waals surface area contributed by atoms with Crippen molar-refractivity contribution in [1.29, 1.82) is 0 Å². The minimum absolute atomic E-state index is 0.128. The van der Waals surface area contributed by atoms with Crippen LogP contribution in [-0.2, 0) is 4.79 Å². The molecule has 0 radical (unpaired) electrons. The number of rotatable bonds is 1. The molecule has 76 valence electrons. The van der Waals surface area contributed by atoms with Gasteiger partial charge in [0, 0.05) is 5.56 Å². The van der Waals surface area contributed by atoms with E-state index in [4.69, 9.17) is 0 Å². The summed E-state index contributed by atoms with van der Waals surface area (Å²) in [6, 6.07) is 13.8. The van der Waals surface area contributed by atoms with Gasteiger partial charge in [0.1, 0.15) is 5.71 Å². The van der Waals surface area contributed by atoms with Crippen molar-refractivity contribution < 1.29 is 4.79 Å². The van der Waals surface area contributed by atoms with Crippen molar-refractivity contribution in [3.8, 4) is 0 Å². The van der Waals surface area contributed by atoms with Crippen LogP contribution >= 0.6 is 0 Å². The third-order valence-electron chi connectivity index (χ3n) is 2.61. The Bertz CT molecular complexity index is 636. The molecule has 0 atom stereocenters. The van der Waals surface area contributed by atoms with E-state index in [1.165, 1.54) is 6.21 Å². The van der Waals surface area contributed by atoms with Crippen LogP contribution in [0.15, 0.2) is 52.7 Å². The fourth-order valence-corrected chi connectivity index (χ4v) is 1.87. The first-order valence-corrected chi connectivity index (χ1v) is 5.00. The fraction of sp³-hybridized carbons (Fsp3) is 0. The quantitative estimate of drug-likeness (QED) is 0.708. The first kappa shape index (κ1) is 8.97. The summed E-state index contributed by atoms with van der Waals surface area (Å²) in [4.78, 5) is 11.5. The van der Waals surface area contributed by atoms with Gasteiger partial charge in [0.2, 0.25) is 5.78 Å². The highest BCUT2D eigenvalue weighted by molar-refractivity contribution is 6.66.